The predicted octanol–water partition coefficient (Wildman–Crippen LogP) is 4.06. The normalized spacial score (nSPS) is 22.2. The molecule has 8 heteroatoms. The number of pyridine rings is 1. The largest absolute Gasteiger partial charge is 0.354 e. The number of piperidine rings is 1. The Morgan fingerprint density at radius 3 is 2.66 bits per heavy atom. The molecular weight excluding hydrogens is 396 g/mol. The van der Waals surface area contributed by atoms with E-state index >= 15 is 0 Å². The van der Waals surface area contributed by atoms with E-state index in [1.165, 1.54) is 0 Å². The summed E-state index contributed by atoms with van der Waals surface area (Å²) in [5.41, 5.74) is 1.67. The minimum atomic E-state index is -0.583. The molecular formula is C21H20ClF2N5. The molecule has 0 spiro atoms. The van der Waals surface area contributed by atoms with Gasteiger partial charge in [-0.25, -0.2) is 13.8 Å². The van der Waals surface area contributed by atoms with Gasteiger partial charge in [-0.1, -0.05) is 11.6 Å². The number of halogens is 3. The maximum Gasteiger partial charge on any atom is 0.148 e. The fourth-order valence-electron chi connectivity index (χ4n) is 4.55. The van der Waals surface area contributed by atoms with Gasteiger partial charge in [0, 0.05) is 36.3 Å². The van der Waals surface area contributed by atoms with Crippen LogP contribution in [-0.2, 0) is 6.54 Å². The molecule has 5 nitrogen and oxygen atoms in total. The lowest BCUT2D eigenvalue weighted by molar-refractivity contribution is 0.196. The van der Waals surface area contributed by atoms with Crippen LogP contribution in [0.2, 0.25) is 5.02 Å². The number of hydrogen-bond donors (Lipinski definition) is 0. The summed E-state index contributed by atoms with van der Waals surface area (Å²) in [5.74, 6) is 0.193. The number of fused-ring (bicyclic) bond motifs is 2. The molecule has 29 heavy (non-hydrogen) atoms. The summed E-state index contributed by atoms with van der Waals surface area (Å²) >= 11 is 6.03. The molecule has 0 N–H and O–H groups in total. The van der Waals surface area contributed by atoms with Gasteiger partial charge in [-0.3, -0.25) is 14.9 Å². The number of likely N-dealkylation sites (tertiary alicyclic amines) is 1. The van der Waals surface area contributed by atoms with Crippen LogP contribution in [-0.4, -0.2) is 45.5 Å². The first-order chi connectivity index (χ1) is 14.1. The van der Waals surface area contributed by atoms with Gasteiger partial charge in [0.2, 0.25) is 0 Å². The van der Waals surface area contributed by atoms with Crippen LogP contribution < -0.4 is 4.90 Å². The van der Waals surface area contributed by atoms with E-state index in [4.69, 9.17) is 16.6 Å². The van der Waals surface area contributed by atoms with Crippen LogP contribution in [0.3, 0.4) is 0 Å². The molecule has 2 unspecified atom stereocenters. The van der Waals surface area contributed by atoms with Crippen LogP contribution in [0.25, 0.3) is 11.0 Å². The van der Waals surface area contributed by atoms with E-state index in [0.29, 0.717) is 10.9 Å². The Bertz CT molecular complexity index is 1040. The van der Waals surface area contributed by atoms with Crippen LogP contribution in [0.15, 0.2) is 36.8 Å². The molecule has 150 valence electrons. The van der Waals surface area contributed by atoms with E-state index in [1.54, 1.807) is 12.3 Å². The molecule has 0 aliphatic carbocycles. The Labute approximate surface area is 172 Å². The van der Waals surface area contributed by atoms with Crippen molar-refractivity contribution in [3.8, 4) is 0 Å². The minimum Gasteiger partial charge on any atom is -0.354 e. The molecule has 0 radical (unpaired) electrons. The standard InChI is InChI=1S/C21H20ClF2N5/c22-14-1-2-18-19(7-14)26-10-21(27-18)29-6-4-13-3-5-28(20(13)12-29)11-15-16(23)8-25-9-17(15)24/h1-2,7-10,13,20H,3-6,11-12H2. The number of nitrogens with zero attached hydrogens (tertiary/aromatic N) is 5. The zero-order chi connectivity index (χ0) is 20.0. The summed E-state index contributed by atoms with van der Waals surface area (Å²) in [6.07, 6.45) is 6.02. The second-order valence-corrected chi connectivity index (χ2v) is 8.20. The van der Waals surface area contributed by atoms with Crippen molar-refractivity contribution in [3.05, 3.63) is 59.0 Å². The van der Waals surface area contributed by atoms with E-state index in [2.05, 4.69) is 19.8 Å². The number of aromatic nitrogens is 3. The number of rotatable bonds is 3. The van der Waals surface area contributed by atoms with E-state index in [9.17, 15) is 8.78 Å². The van der Waals surface area contributed by atoms with Gasteiger partial charge in [-0.2, -0.15) is 0 Å². The third kappa shape index (κ3) is 3.53. The molecule has 2 fully saturated rings. The van der Waals surface area contributed by atoms with E-state index < -0.39 is 11.6 Å². The second-order valence-electron chi connectivity index (χ2n) is 7.76. The van der Waals surface area contributed by atoms with E-state index in [-0.39, 0.29) is 18.2 Å². The van der Waals surface area contributed by atoms with Crippen molar-refractivity contribution in [1.29, 1.82) is 0 Å². The minimum absolute atomic E-state index is 0.0974. The van der Waals surface area contributed by atoms with Crippen molar-refractivity contribution in [2.75, 3.05) is 24.5 Å². The fraction of sp³-hybridized carbons (Fsp3) is 0.381. The van der Waals surface area contributed by atoms with Gasteiger partial charge in [0.1, 0.15) is 17.5 Å². The first kappa shape index (κ1) is 18.6. The summed E-state index contributed by atoms with van der Waals surface area (Å²) in [6, 6.07) is 5.72. The average molecular weight is 416 g/mol. The zero-order valence-electron chi connectivity index (χ0n) is 15.7. The molecule has 2 aromatic heterocycles. The Balaban J connectivity index is 1.37. The van der Waals surface area contributed by atoms with Crippen molar-refractivity contribution in [3.63, 3.8) is 0 Å². The topological polar surface area (TPSA) is 45.2 Å². The highest BCUT2D eigenvalue weighted by molar-refractivity contribution is 6.31. The Morgan fingerprint density at radius 1 is 1.03 bits per heavy atom. The molecule has 1 aromatic carbocycles. The molecule has 2 atom stereocenters. The summed E-state index contributed by atoms with van der Waals surface area (Å²) in [7, 11) is 0. The van der Waals surface area contributed by atoms with Gasteiger partial charge in [-0.05, 0) is 43.5 Å². The number of benzene rings is 1. The SMILES string of the molecule is Fc1cncc(F)c1CN1CCC2CCN(c3cnc4cc(Cl)ccc4n3)CC21. The predicted molar refractivity (Wildman–Crippen MR) is 108 cm³/mol. The Morgan fingerprint density at radius 2 is 1.83 bits per heavy atom. The highest BCUT2D eigenvalue weighted by atomic mass is 35.5. The zero-order valence-corrected chi connectivity index (χ0v) is 16.5. The van der Waals surface area contributed by atoms with Gasteiger partial charge in [0.15, 0.2) is 0 Å². The van der Waals surface area contributed by atoms with Crippen LogP contribution in [0, 0.1) is 17.6 Å². The highest BCUT2D eigenvalue weighted by Gasteiger charge is 2.39. The maximum atomic E-state index is 14.1. The van der Waals surface area contributed by atoms with Gasteiger partial charge in [0.05, 0.1) is 29.6 Å². The summed E-state index contributed by atoms with van der Waals surface area (Å²) < 4.78 is 28.2. The van der Waals surface area contributed by atoms with Crippen molar-refractivity contribution < 1.29 is 8.78 Å². The molecule has 2 aliphatic heterocycles. The summed E-state index contributed by atoms with van der Waals surface area (Å²) in [6.45, 7) is 2.77. The van der Waals surface area contributed by atoms with Crippen LogP contribution in [0.4, 0.5) is 14.6 Å². The number of anilines is 1. The first-order valence-electron chi connectivity index (χ1n) is 9.77. The molecule has 5 rings (SSSR count). The average Bonchev–Trinajstić information content (AvgIpc) is 3.12. The molecule has 2 aliphatic rings. The Kier molecular flexibility index (Phi) is 4.80. The molecule has 2 saturated heterocycles. The smallest absolute Gasteiger partial charge is 0.148 e. The lowest BCUT2D eigenvalue weighted by Gasteiger charge is -2.39. The molecule has 0 bridgehead atoms. The van der Waals surface area contributed by atoms with Crippen molar-refractivity contribution in [1.82, 2.24) is 19.9 Å². The van der Waals surface area contributed by atoms with Gasteiger partial charge >= 0.3 is 0 Å². The molecule has 0 saturated carbocycles. The third-order valence-corrected chi connectivity index (χ3v) is 6.34. The van der Waals surface area contributed by atoms with Crippen LogP contribution in [0.5, 0.6) is 0 Å². The van der Waals surface area contributed by atoms with E-state index in [1.807, 2.05) is 12.1 Å². The van der Waals surface area contributed by atoms with Crippen LogP contribution >= 0.6 is 11.6 Å². The van der Waals surface area contributed by atoms with Crippen molar-refractivity contribution in [2.24, 2.45) is 5.92 Å². The molecule has 4 heterocycles. The second kappa shape index (κ2) is 7.46. The summed E-state index contributed by atoms with van der Waals surface area (Å²) in [5, 5.41) is 0.637. The van der Waals surface area contributed by atoms with E-state index in [0.717, 1.165) is 61.7 Å². The summed E-state index contributed by atoms with van der Waals surface area (Å²) in [4.78, 5) is 17.2. The van der Waals surface area contributed by atoms with Gasteiger partial charge in [-0.15, -0.1) is 0 Å². The van der Waals surface area contributed by atoms with Gasteiger partial charge < -0.3 is 4.90 Å². The quantitative estimate of drug-likeness (QED) is 0.645. The van der Waals surface area contributed by atoms with Crippen LogP contribution in [0.1, 0.15) is 18.4 Å². The van der Waals surface area contributed by atoms with Crippen molar-refractivity contribution >= 4 is 28.5 Å². The first-order valence-corrected chi connectivity index (χ1v) is 10.2. The lowest BCUT2D eigenvalue weighted by atomic mass is 9.92. The lowest BCUT2D eigenvalue weighted by Crippen LogP contribution is -2.48. The Hall–Kier alpha value is -2.38. The van der Waals surface area contributed by atoms with Crippen molar-refractivity contribution in [2.45, 2.75) is 25.4 Å². The molecule has 3 aromatic rings. The monoisotopic (exact) mass is 415 g/mol. The molecule has 0 amide bonds. The number of hydrogen-bond acceptors (Lipinski definition) is 5. The third-order valence-electron chi connectivity index (χ3n) is 6.11. The van der Waals surface area contributed by atoms with Gasteiger partial charge in [0.25, 0.3) is 0 Å². The fourth-order valence-corrected chi connectivity index (χ4v) is 4.72. The maximum absolute atomic E-state index is 14.1. The highest BCUT2D eigenvalue weighted by Crippen LogP contribution is 2.34.